The Labute approximate surface area is 114 Å². The van der Waals surface area contributed by atoms with Crippen LogP contribution in [0.4, 0.5) is 4.79 Å². The normalized spacial score (nSPS) is 20.9. The molecule has 2 unspecified atom stereocenters. The molecule has 0 saturated carbocycles. The van der Waals surface area contributed by atoms with Crippen molar-refractivity contribution >= 4 is 11.9 Å². The van der Waals surface area contributed by atoms with Gasteiger partial charge in [-0.1, -0.05) is 19.8 Å². The van der Waals surface area contributed by atoms with Crippen molar-refractivity contribution in [3.63, 3.8) is 0 Å². The Morgan fingerprint density at radius 2 is 2.16 bits per heavy atom. The van der Waals surface area contributed by atoms with Gasteiger partial charge in [-0.25, -0.2) is 4.79 Å². The highest BCUT2D eigenvalue weighted by molar-refractivity contribution is 5.86. The van der Waals surface area contributed by atoms with Crippen molar-refractivity contribution in [3.8, 4) is 0 Å². The minimum absolute atomic E-state index is 0.0394. The van der Waals surface area contributed by atoms with Gasteiger partial charge in [0.25, 0.3) is 0 Å². The maximum atomic E-state index is 12.5. The molecular formula is C13H26N4O2. The Morgan fingerprint density at radius 3 is 2.74 bits per heavy atom. The van der Waals surface area contributed by atoms with E-state index in [-0.39, 0.29) is 11.9 Å². The molecule has 1 heterocycles. The quantitative estimate of drug-likeness (QED) is 0.657. The summed E-state index contributed by atoms with van der Waals surface area (Å²) in [6.07, 6.45) is 5.54. The first-order valence-electron chi connectivity index (χ1n) is 7.16. The summed E-state index contributed by atoms with van der Waals surface area (Å²) in [6, 6.07) is -1.06. The highest BCUT2D eigenvalue weighted by atomic mass is 16.2. The zero-order chi connectivity index (χ0) is 14.3. The summed E-state index contributed by atoms with van der Waals surface area (Å²) in [5.41, 5.74) is 10.9. The number of hydrogen-bond donors (Lipinski definition) is 3. The highest BCUT2D eigenvalue weighted by Crippen LogP contribution is 2.18. The van der Waals surface area contributed by atoms with Gasteiger partial charge < -0.3 is 21.7 Å². The molecule has 0 bridgehead atoms. The Balaban J connectivity index is 2.69. The summed E-state index contributed by atoms with van der Waals surface area (Å²) in [5.74, 6) is -0.0394. The molecular weight excluding hydrogens is 244 g/mol. The van der Waals surface area contributed by atoms with Gasteiger partial charge in [0.05, 0.1) is 0 Å². The van der Waals surface area contributed by atoms with Crippen LogP contribution in [0.2, 0.25) is 0 Å². The van der Waals surface area contributed by atoms with Crippen LogP contribution in [0.25, 0.3) is 0 Å². The van der Waals surface area contributed by atoms with Crippen LogP contribution in [0.5, 0.6) is 0 Å². The van der Waals surface area contributed by atoms with Crippen LogP contribution in [-0.4, -0.2) is 42.0 Å². The van der Waals surface area contributed by atoms with E-state index in [1.807, 2.05) is 4.90 Å². The number of primary amides is 1. The highest BCUT2D eigenvalue weighted by Gasteiger charge is 2.30. The summed E-state index contributed by atoms with van der Waals surface area (Å²) in [4.78, 5) is 25.4. The minimum Gasteiger partial charge on any atom is -0.352 e. The molecule has 0 aromatic carbocycles. The number of piperidine rings is 1. The number of amides is 3. The van der Waals surface area contributed by atoms with Crippen molar-refractivity contribution in [3.05, 3.63) is 0 Å². The number of nitrogens with one attached hydrogen (secondary N) is 1. The Kier molecular flexibility index (Phi) is 6.62. The molecule has 1 saturated heterocycles. The van der Waals surface area contributed by atoms with Gasteiger partial charge in [-0.05, 0) is 25.7 Å². The fraction of sp³-hybridized carbons (Fsp3) is 0.846. The molecule has 3 amide bonds. The molecule has 1 fully saturated rings. The summed E-state index contributed by atoms with van der Waals surface area (Å²) >= 11 is 0. The smallest absolute Gasteiger partial charge is 0.312 e. The number of nitrogens with two attached hydrogens (primary N) is 2. The Bertz CT molecular complexity index is 309. The molecule has 0 aliphatic carbocycles. The maximum absolute atomic E-state index is 12.5. The fourth-order valence-corrected chi connectivity index (χ4v) is 2.57. The van der Waals surface area contributed by atoms with E-state index in [1.54, 1.807) is 0 Å². The average molecular weight is 270 g/mol. The second kappa shape index (κ2) is 7.99. The van der Waals surface area contributed by atoms with Gasteiger partial charge in [0.2, 0.25) is 5.91 Å². The topological polar surface area (TPSA) is 101 Å². The third-order valence-corrected chi connectivity index (χ3v) is 3.64. The lowest BCUT2D eigenvalue weighted by atomic mass is 9.99. The minimum atomic E-state index is -0.643. The van der Waals surface area contributed by atoms with Crippen molar-refractivity contribution < 1.29 is 9.59 Å². The van der Waals surface area contributed by atoms with Crippen LogP contribution in [-0.2, 0) is 4.79 Å². The average Bonchev–Trinajstić information content (AvgIpc) is 2.42. The van der Waals surface area contributed by atoms with E-state index in [0.717, 1.165) is 38.6 Å². The third-order valence-electron chi connectivity index (χ3n) is 3.64. The zero-order valence-electron chi connectivity index (χ0n) is 11.7. The molecule has 6 nitrogen and oxygen atoms in total. The number of unbranched alkanes of at least 4 members (excludes halogenated alkanes) is 1. The van der Waals surface area contributed by atoms with Crippen molar-refractivity contribution in [1.82, 2.24) is 10.2 Å². The Morgan fingerprint density at radius 1 is 1.42 bits per heavy atom. The molecule has 0 aromatic heterocycles. The molecule has 0 radical (unpaired) electrons. The lowest BCUT2D eigenvalue weighted by Gasteiger charge is -2.37. The van der Waals surface area contributed by atoms with Gasteiger partial charge in [-0.15, -0.1) is 0 Å². The lowest BCUT2D eigenvalue weighted by Crippen LogP contribution is -2.55. The van der Waals surface area contributed by atoms with E-state index in [2.05, 4.69) is 12.2 Å². The van der Waals surface area contributed by atoms with E-state index in [1.165, 1.54) is 0 Å². The summed E-state index contributed by atoms with van der Waals surface area (Å²) < 4.78 is 0. The van der Waals surface area contributed by atoms with Crippen LogP contribution < -0.4 is 16.8 Å². The molecule has 19 heavy (non-hydrogen) atoms. The van der Waals surface area contributed by atoms with Crippen LogP contribution in [0, 0.1) is 0 Å². The molecule has 1 rings (SSSR count). The number of nitrogens with zero attached hydrogens (tertiary/aromatic N) is 1. The lowest BCUT2D eigenvalue weighted by molar-refractivity contribution is -0.136. The first kappa shape index (κ1) is 15.8. The number of rotatable bonds is 6. The molecule has 0 spiro atoms. The first-order valence-corrected chi connectivity index (χ1v) is 7.16. The molecule has 1 aliphatic rings. The molecule has 5 N–H and O–H groups in total. The summed E-state index contributed by atoms with van der Waals surface area (Å²) in [7, 11) is 0. The molecule has 0 aromatic rings. The van der Waals surface area contributed by atoms with E-state index in [0.29, 0.717) is 13.0 Å². The molecule has 2 atom stereocenters. The van der Waals surface area contributed by atoms with Crippen molar-refractivity contribution in [2.24, 2.45) is 11.5 Å². The van der Waals surface area contributed by atoms with Crippen molar-refractivity contribution in [2.45, 2.75) is 57.5 Å². The number of carbonyl (C=O) groups is 2. The van der Waals surface area contributed by atoms with Crippen LogP contribution in [0.15, 0.2) is 0 Å². The van der Waals surface area contributed by atoms with Gasteiger partial charge in [0, 0.05) is 19.1 Å². The van der Waals surface area contributed by atoms with Crippen molar-refractivity contribution in [1.29, 1.82) is 0 Å². The number of likely N-dealkylation sites (tertiary alicyclic amines) is 1. The van der Waals surface area contributed by atoms with E-state index < -0.39 is 12.1 Å². The standard InChI is InChI=1S/C13H26N4O2/c1-2-3-7-11(16-13(15)19)12(18)17-8-5-4-6-10(17)9-14/h10-11H,2-9,14H2,1H3,(H3,15,16,19). The fourth-order valence-electron chi connectivity index (χ4n) is 2.57. The SMILES string of the molecule is CCCCC(NC(N)=O)C(=O)N1CCCCC1CN. The summed E-state index contributed by atoms with van der Waals surface area (Å²) in [6.45, 7) is 3.25. The van der Waals surface area contributed by atoms with E-state index in [9.17, 15) is 9.59 Å². The molecule has 1 aliphatic heterocycles. The van der Waals surface area contributed by atoms with E-state index >= 15 is 0 Å². The third kappa shape index (κ3) is 4.70. The van der Waals surface area contributed by atoms with Gasteiger partial charge in [-0.3, -0.25) is 4.79 Å². The molecule has 6 heteroatoms. The predicted octanol–water partition coefficient (Wildman–Crippen LogP) is 0.553. The predicted molar refractivity (Wildman–Crippen MR) is 74.4 cm³/mol. The van der Waals surface area contributed by atoms with Gasteiger partial charge in [0.1, 0.15) is 6.04 Å². The second-order valence-corrected chi connectivity index (χ2v) is 5.12. The maximum Gasteiger partial charge on any atom is 0.312 e. The summed E-state index contributed by atoms with van der Waals surface area (Å²) in [5, 5.41) is 2.56. The monoisotopic (exact) mass is 270 g/mol. The second-order valence-electron chi connectivity index (χ2n) is 5.12. The van der Waals surface area contributed by atoms with Crippen LogP contribution in [0.1, 0.15) is 45.4 Å². The van der Waals surface area contributed by atoms with Crippen LogP contribution >= 0.6 is 0 Å². The first-order chi connectivity index (χ1) is 9.10. The molecule has 110 valence electrons. The van der Waals surface area contributed by atoms with E-state index in [4.69, 9.17) is 11.5 Å². The van der Waals surface area contributed by atoms with Crippen molar-refractivity contribution in [2.75, 3.05) is 13.1 Å². The number of hydrogen-bond acceptors (Lipinski definition) is 3. The van der Waals surface area contributed by atoms with Gasteiger partial charge in [0.15, 0.2) is 0 Å². The van der Waals surface area contributed by atoms with Gasteiger partial charge in [-0.2, -0.15) is 0 Å². The Hall–Kier alpha value is -1.30. The number of carbonyl (C=O) groups excluding carboxylic acids is 2. The zero-order valence-corrected chi connectivity index (χ0v) is 11.7. The van der Waals surface area contributed by atoms with Crippen LogP contribution in [0.3, 0.4) is 0 Å². The number of urea groups is 1. The van der Waals surface area contributed by atoms with Gasteiger partial charge >= 0.3 is 6.03 Å². The largest absolute Gasteiger partial charge is 0.352 e.